The van der Waals surface area contributed by atoms with Gasteiger partial charge in [0.15, 0.2) is 0 Å². The number of hydrogen-bond acceptors (Lipinski definition) is 4. The van der Waals surface area contributed by atoms with Crippen LogP contribution in [0.15, 0.2) is 23.1 Å². The molecule has 0 N–H and O–H groups in total. The number of methoxy groups -OCH3 is 1. The molecule has 9 heteroatoms. The van der Waals surface area contributed by atoms with Gasteiger partial charge in [-0.3, -0.25) is 0 Å². The molecule has 0 aliphatic carbocycles. The van der Waals surface area contributed by atoms with Gasteiger partial charge in [0.1, 0.15) is 16.5 Å². The third-order valence-electron chi connectivity index (χ3n) is 3.40. The third-order valence-corrected chi connectivity index (χ3v) is 5.31. The Hall–Kier alpha value is -1.74. The van der Waals surface area contributed by atoms with Gasteiger partial charge in [-0.15, -0.1) is 0 Å². The third kappa shape index (κ3) is 3.36. The molecule has 1 heterocycles. The fraction of sp³-hybridized carbons (Fsp3) is 0.462. The van der Waals surface area contributed by atoms with Crippen molar-refractivity contribution < 1.29 is 26.7 Å². The molecular weight excluding hydrogens is 318 g/mol. The average Bonchev–Trinajstić information content (AvgIpc) is 2.75. The van der Waals surface area contributed by atoms with Gasteiger partial charge in [-0.05, 0) is 24.6 Å². The first-order valence-corrected chi connectivity index (χ1v) is 8.08. The van der Waals surface area contributed by atoms with Gasteiger partial charge >= 0.3 is 6.09 Å². The van der Waals surface area contributed by atoms with Crippen LogP contribution in [-0.4, -0.2) is 57.0 Å². The number of rotatable bonds is 2. The number of nitrogens with zero attached hydrogens (tertiary/aromatic N) is 2. The van der Waals surface area contributed by atoms with Gasteiger partial charge in [-0.25, -0.2) is 22.0 Å². The Morgan fingerprint density at radius 1 is 1.18 bits per heavy atom. The van der Waals surface area contributed by atoms with Crippen LogP contribution in [-0.2, 0) is 14.8 Å². The highest BCUT2D eigenvalue weighted by Gasteiger charge is 2.30. The van der Waals surface area contributed by atoms with Crippen molar-refractivity contribution in [3.63, 3.8) is 0 Å². The van der Waals surface area contributed by atoms with Crippen molar-refractivity contribution in [2.24, 2.45) is 0 Å². The first kappa shape index (κ1) is 16.6. The smallest absolute Gasteiger partial charge is 0.409 e. The summed E-state index contributed by atoms with van der Waals surface area (Å²) in [6, 6.07) is 2.30. The fourth-order valence-corrected chi connectivity index (χ4v) is 3.81. The van der Waals surface area contributed by atoms with Crippen LogP contribution in [0.4, 0.5) is 13.6 Å². The average molecular weight is 334 g/mol. The maximum Gasteiger partial charge on any atom is 0.409 e. The molecular formula is C13H16F2N2O4S. The lowest BCUT2D eigenvalue weighted by atomic mass is 10.3. The molecule has 0 radical (unpaired) electrons. The predicted octanol–water partition coefficient (Wildman–Crippen LogP) is 1.43. The van der Waals surface area contributed by atoms with E-state index >= 15 is 0 Å². The van der Waals surface area contributed by atoms with Gasteiger partial charge < -0.3 is 9.64 Å². The number of amides is 1. The topological polar surface area (TPSA) is 66.9 Å². The second kappa shape index (κ2) is 6.57. The molecule has 1 aromatic rings. The Balaban J connectivity index is 2.23. The minimum atomic E-state index is -4.15. The highest BCUT2D eigenvalue weighted by atomic mass is 32.2. The maximum atomic E-state index is 13.7. The van der Waals surface area contributed by atoms with Crippen molar-refractivity contribution >= 4 is 16.1 Å². The number of carbonyl (C=O) groups is 1. The monoisotopic (exact) mass is 334 g/mol. The Morgan fingerprint density at radius 2 is 1.91 bits per heavy atom. The first-order chi connectivity index (χ1) is 10.4. The van der Waals surface area contributed by atoms with Crippen molar-refractivity contribution in [1.29, 1.82) is 0 Å². The number of ether oxygens (including phenoxy) is 1. The van der Waals surface area contributed by atoms with Gasteiger partial charge in [0, 0.05) is 26.2 Å². The van der Waals surface area contributed by atoms with E-state index in [4.69, 9.17) is 0 Å². The summed E-state index contributed by atoms with van der Waals surface area (Å²) in [5, 5.41) is 0. The molecule has 1 aliphatic heterocycles. The van der Waals surface area contributed by atoms with Crippen molar-refractivity contribution in [3.05, 3.63) is 29.8 Å². The second-order valence-electron chi connectivity index (χ2n) is 4.79. The number of halogens is 2. The van der Waals surface area contributed by atoms with Crippen LogP contribution in [0.5, 0.6) is 0 Å². The van der Waals surface area contributed by atoms with Crippen LogP contribution in [0.3, 0.4) is 0 Å². The zero-order valence-electron chi connectivity index (χ0n) is 12.0. The van der Waals surface area contributed by atoms with Crippen LogP contribution in [0, 0.1) is 11.6 Å². The summed E-state index contributed by atoms with van der Waals surface area (Å²) in [6.45, 7) is 0.576. The quantitative estimate of drug-likeness (QED) is 0.820. The molecule has 0 saturated carbocycles. The van der Waals surface area contributed by atoms with E-state index in [2.05, 4.69) is 4.74 Å². The van der Waals surface area contributed by atoms with Gasteiger partial charge in [0.2, 0.25) is 10.0 Å². The summed E-state index contributed by atoms with van der Waals surface area (Å²) < 4.78 is 57.5. The number of hydrogen-bond donors (Lipinski definition) is 0. The van der Waals surface area contributed by atoms with Gasteiger partial charge in [0.25, 0.3) is 0 Å². The standard InChI is InChI=1S/C13H16F2N2O4S/c1-21-13(18)16-5-2-6-17(8-7-16)22(19,20)12-9-10(14)3-4-11(12)15/h3-4,9H,2,5-8H2,1H3. The SMILES string of the molecule is COC(=O)N1CCCN(S(=O)(=O)c2cc(F)ccc2F)CC1. The first-order valence-electron chi connectivity index (χ1n) is 6.64. The molecule has 122 valence electrons. The zero-order valence-corrected chi connectivity index (χ0v) is 12.8. The van der Waals surface area contributed by atoms with E-state index in [0.717, 1.165) is 16.4 Å². The molecule has 2 rings (SSSR count). The van der Waals surface area contributed by atoms with Crippen molar-refractivity contribution in [2.75, 3.05) is 33.3 Å². The van der Waals surface area contributed by atoms with Crippen molar-refractivity contribution in [2.45, 2.75) is 11.3 Å². The normalized spacial score (nSPS) is 17.1. The summed E-state index contributed by atoms with van der Waals surface area (Å²) >= 11 is 0. The van der Waals surface area contributed by atoms with E-state index < -0.39 is 32.6 Å². The van der Waals surface area contributed by atoms with E-state index in [1.807, 2.05) is 0 Å². The van der Waals surface area contributed by atoms with E-state index in [9.17, 15) is 22.0 Å². The molecule has 1 aromatic carbocycles. The summed E-state index contributed by atoms with van der Waals surface area (Å²) in [4.78, 5) is 12.1. The molecule has 1 saturated heterocycles. The predicted molar refractivity (Wildman–Crippen MR) is 73.7 cm³/mol. The Labute approximate surface area is 127 Å². The summed E-state index contributed by atoms with van der Waals surface area (Å²) in [6.07, 6.45) is -0.165. The largest absolute Gasteiger partial charge is 0.453 e. The highest BCUT2D eigenvalue weighted by molar-refractivity contribution is 7.89. The van der Waals surface area contributed by atoms with Crippen molar-refractivity contribution in [3.8, 4) is 0 Å². The highest BCUT2D eigenvalue weighted by Crippen LogP contribution is 2.21. The van der Waals surface area contributed by atoms with Crippen LogP contribution in [0.25, 0.3) is 0 Å². The Kier molecular flexibility index (Phi) is 4.97. The van der Waals surface area contributed by atoms with E-state index in [-0.39, 0.29) is 19.6 Å². The lowest BCUT2D eigenvalue weighted by molar-refractivity contribution is 0.126. The van der Waals surface area contributed by atoms with Gasteiger partial charge in [-0.1, -0.05) is 0 Å². The molecule has 0 unspecified atom stereocenters. The Bertz CT molecular complexity index is 666. The van der Waals surface area contributed by atoms with Gasteiger partial charge in [0.05, 0.1) is 7.11 Å². The Morgan fingerprint density at radius 3 is 2.59 bits per heavy atom. The minimum Gasteiger partial charge on any atom is -0.453 e. The molecule has 6 nitrogen and oxygen atoms in total. The molecule has 0 spiro atoms. The van der Waals surface area contributed by atoms with Gasteiger partial charge in [-0.2, -0.15) is 4.31 Å². The van der Waals surface area contributed by atoms with Crippen LogP contribution >= 0.6 is 0 Å². The van der Waals surface area contributed by atoms with Crippen LogP contribution < -0.4 is 0 Å². The summed E-state index contributed by atoms with van der Waals surface area (Å²) in [7, 11) is -2.91. The molecule has 22 heavy (non-hydrogen) atoms. The summed E-state index contributed by atoms with van der Waals surface area (Å²) in [5.74, 6) is -1.83. The molecule has 0 bridgehead atoms. The molecule has 1 amide bonds. The number of sulfonamides is 1. The van der Waals surface area contributed by atoms with Crippen molar-refractivity contribution in [1.82, 2.24) is 9.21 Å². The fourth-order valence-electron chi connectivity index (χ4n) is 2.26. The lowest BCUT2D eigenvalue weighted by Gasteiger charge is -2.21. The molecule has 1 aliphatic rings. The van der Waals surface area contributed by atoms with E-state index in [0.29, 0.717) is 19.0 Å². The van der Waals surface area contributed by atoms with Crippen LogP contribution in [0.1, 0.15) is 6.42 Å². The number of carbonyl (C=O) groups excluding carboxylic acids is 1. The second-order valence-corrected chi connectivity index (χ2v) is 6.70. The van der Waals surface area contributed by atoms with Crippen LogP contribution in [0.2, 0.25) is 0 Å². The molecule has 0 atom stereocenters. The maximum absolute atomic E-state index is 13.7. The molecule has 0 aromatic heterocycles. The minimum absolute atomic E-state index is 0.00656. The van der Waals surface area contributed by atoms with E-state index in [1.54, 1.807) is 0 Å². The number of benzene rings is 1. The molecule has 1 fully saturated rings. The summed E-state index contributed by atoms with van der Waals surface area (Å²) in [5.41, 5.74) is 0. The lowest BCUT2D eigenvalue weighted by Crippen LogP contribution is -2.37. The van der Waals surface area contributed by atoms with E-state index in [1.165, 1.54) is 12.0 Å². The zero-order chi connectivity index (χ0) is 16.3.